The highest BCUT2D eigenvalue weighted by molar-refractivity contribution is 7.98. The summed E-state index contributed by atoms with van der Waals surface area (Å²) in [5.41, 5.74) is 0. The van der Waals surface area contributed by atoms with Gasteiger partial charge in [0.1, 0.15) is 5.82 Å². The Morgan fingerprint density at radius 1 is 1.31 bits per heavy atom. The maximum atomic E-state index is 5.51. The lowest BCUT2D eigenvalue weighted by Gasteiger charge is -2.08. The molecule has 0 spiro atoms. The number of thioether (sulfide) groups is 1. The van der Waals surface area contributed by atoms with Gasteiger partial charge in [-0.3, -0.25) is 0 Å². The Morgan fingerprint density at radius 3 is 2.75 bits per heavy atom. The van der Waals surface area contributed by atoms with Gasteiger partial charge in [-0.05, 0) is 19.1 Å². The van der Waals surface area contributed by atoms with Crippen molar-refractivity contribution < 1.29 is 4.74 Å². The molecule has 0 aliphatic carbocycles. The minimum absolute atomic E-state index is 0.653. The van der Waals surface area contributed by atoms with Gasteiger partial charge in [-0.15, -0.1) is 0 Å². The highest BCUT2D eigenvalue weighted by Crippen LogP contribution is 2.18. The van der Waals surface area contributed by atoms with Crippen molar-refractivity contribution >= 4 is 17.6 Å². The van der Waals surface area contributed by atoms with E-state index in [0.717, 1.165) is 30.4 Å². The van der Waals surface area contributed by atoms with Crippen molar-refractivity contribution in [3.63, 3.8) is 0 Å². The topological polar surface area (TPSA) is 47.0 Å². The molecule has 0 atom stereocenters. The normalized spacial score (nSPS) is 10.2. The van der Waals surface area contributed by atoms with Crippen LogP contribution in [0.1, 0.15) is 26.7 Å². The van der Waals surface area contributed by atoms with Crippen LogP contribution in [0.5, 0.6) is 5.88 Å². The van der Waals surface area contributed by atoms with Crippen molar-refractivity contribution in [1.82, 2.24) is 9.97 Å². The number of hydrogen-bond acceptors (Lipinski definition) is 5. The number of rotatable bonds is 7. The molecular formula is C11H19N3OS. The van der Waals surface area contributed by atoms with Gasteiger partial charge in [0.15, 0.2) is 5.16 Å². The Hall–Kier alpha value is -0.970. The fraction of sp³-hybridized carbons (Fsp3) is 0.636. The molecule has 0 saturated heterocycles. The van der Waals surface area contributed by atoms with E-state index in [1.807, 2.05) is 12.3 Å². The molecule has 1 heterocycles. The lowest BCUT2D eigenvalue weighted by molar-refractivity contribution is 0.302. The first-order valence-corrected chi connectivity index (χ1v) is 6.82. The number of hydrogen-bond donors (Lipinski definition) is 1. The lowest BCUT2D eigenvalue weighted by Crippen LogP contribution is -2.05. The van der Waals surface area contributed by atoms with Crippen LogP contribution in [0.4, 0.5) is 5.82 Å². The van der Waals surface area contributed by atoms with E-state index in [4.69, 9.17) is 4.74 Å². The van der Waals surface area contributed by atoms with Crippen LogP contribution in [0.25, 0.3) is 0 Å². The molecule has 1 aromatic rings. The monoisotopic (exact) mass is 241 g/mol. The minimum Gasteiger partial charge on any atom is -0.478 e. The van der Waals surface area contributed by atoms with E-state index in [1.165, 1.54) is 11.8 Å². The molecule has 90 valence electrons. The quantitative estimate of drug-likeness (QED) is 0.587. The van der Waals surface area contributed by atoms with Crippen molar-refractivity contribution in [3.8, 4) is 5.88 Å². The van der Waals surface area contributed by atoms with Crippen molar-refractivity contribution in [2.75, 3.05) is 24.7 Å². The van der Waals surface area contributed by atoms with E-state index in [-0.39, 0.29) is 0 Å². The summed E-state index contributed by atoms with van der Waals surface area (Å²) in [6.07, 6.45) is 4.02. The average molecular weight is 241 g/mol. The van der Waals surface area contributed by atoms with Crippen molar-refractivity contribution in [2.24, 2.45) is 0 Å². The zero-order chi connectivity index (χ0) is 11.8. The number of anilines is 1. The molecule has 0 saturated carbocycles. The summed E-state index contributed by atoms with van der Waals surface area (Å²) < 4.78 is 5.51. The molecule has 0 aliphatic heterocycles. The summed E-state index contributed by atoms with van der Waals surface area (Å²) >= 11 is 1.52. The van der Waals surface area contributed by atoms with Gasteiger partial charge in [-0.25, -0.2) is 4.98 Å². The smallest absolute Gasteiger partial charge is 0.219 e. The number of nitrogens with one attached hydrogen (secondary N) is 1. The third kappa shape index (κ3) is 4.26. The van der Waals surface area contributed by atoms with Crippen LogP contribution in [0.15, 0.2) is 11.2 Å². The maximum Gasteiger partial charge on any atom is 0.219 e. The Morgan fingerprint density at radius 2 is 2.12 bits per heavy atom. The van der Waals surface area contributed by atoms with E-state index in [2.05, 4.69) is 29.1 Å². The van der Waals surface area contributed by atoms with Crippen LogP contribution in [-0.2, 0) is 0 Å². The summed E-state index contributed by atoms with van der Waals surface area (Å²) in [5.74, 6) is 1.49. The number of aromatic nitrogens is 2. The number of nitrogens with zero attached hydrogens (tertiary/aromatic N) is 2. The highest BCUT2D eigenvalue weighted by Gasteiger charge is 2.04. The fourth-order valence-electron chi connectivity index (χ4n) is 1.12. The van der Waals surface area contributed by atoms with Gasteiger partial charge in [-0.1, -0.05) is 25.6 Å². The summed E-state index contributed by atoms with van der Waals surface area (Å²) in [5, 5.41) is 3.98. The second kappa shape index (κ2) is 7.33. The van der Waals surface area contributed by atoms with Crippen molar-refractivity contribution in [2.45, 2.75) is 31.8 Å². The van der Waals surface area contributed by atoms with E-state index in [9.17, 15) is 0 Å². The number of ether oxygens (including phenoxy) is 1. The van der Waals surface area contributed by atoms with Crippen LogP contribution in [0.2, 0.25) is 0 Å². The van der Waals surface area contributed by atoms with Crippen LogP contribution < -0.4 is 10.1 Å². The fourth-order valence-corrected chi connectivity index (χ4v) is 1.49. The summed E-state index contributed by atoms with van der Waals surface area (Å²) in [4.78, 5) is 8.65. The molecule has 0 aromatic carbocycles. The van der Waals surface area contributed by atoms with E-state index < -0.39 is 0 Å². The Labute approximate surface area is 101 Å². The molecule has 1 aromatic heterocycles. The van der Waals surface area contributed by atoms with Crippen LogP contribution in [-0.4, -0.2) is 29.4 Å². The van der Waals surface area contributed by atoms with Gasteiger partial charge in [-0.2, -0.15) is 4.98 Å². The van der Waals surface area contributed by atoms with Crippen LogP contribution in [0.3, 0.4) is 0 Å². The molecule has 5 heteroatoms. The third-order valence-electron chi connectivity index (χ3n) is 1.87. The van der Waals surface area contributed by atoms with Gasteiger partial charge in [0.2, 0.25) is 5.88 Å². The summed E-state index contributed by atoms with van der Waals surface area (Å²) in [7, 11) is 0. The molecule has 16 heavy (non-hydrogen) atoms. The maximum absolute atomic E-state index is 5.51. The van der Waals surface area contributed by atoms with E-state index in [0.29, 0.717) is 12.5 Å². The van der Waals surface area contributed by atoms with Gasteiger partial charge >= 0.3 is 0 Å². The molecule has 1 rings (SSSR count). The Kier molecular flexibility index (Phi) is 6.00. The zero-order valence-electron chi connectivity index (χ0n) is 10.1. The molecule has 0 aliphatic rings. The van der Waals surface area contributed by atoms with Gasteiger partial charge in [0.05, 0.1) is 6.61 Å². The molecule has 0 unspecified atom stereocenters. The molecule has 0 radical (unpaired) electrons. The zero-order valence-corrected chi connectivity index (χ0v) is 10.9. The van der Waals surface area contributed by atoms with E-state index in [1.54, 1.807) is 0 Å². The largest absolute Gasteiger partial charge is 0.478 e. The van der Waals surface area contributed by atoms with Crippen molar-refractivity contribution in [1.29, 1.82) is 0 Å². The van der Waals surface area contributed by atoms with Gasteiger partial charge < -0.3 is 10.1 Å². The highest BCUT2D eigenvalue weighted by atomic mass is 32.2. The first kappa shape index (κ1) is 13.1. The Balaban J connectivity index is 2.74. The second-order valence-corrected chi connectivity index (χ2v) is 4.13. The Bertz CT molecular complexity index is 294. The predicted molar refractivity (Wildman–Crippen MR) is 68.4 cm³/mol. The van der Waals surface area contributed by atoms with Gasteiger partial charge in [0, 0.05) is 12.6 Å². The molecule has 1 N–H and O–H groups in total. The van der Waals surface area contributed by atoms with Crippen LogP contribution >= 0.6 is 11.8 Å². The van der Waals surface area contributed by atoms with E-state index >= 15 is 0 Å². The first-order chi connectivity index (χ1) is 7.80. The lowest BCUT2D eigenvalue weighted by atomic mass is 10.4. The second-order valence-electron chi connectivity index (χ2n) is 3.35. The SMILES string of the molecule is CCCNc1cc(OCCC)nc(SC)n1. The molecular weight excluding hydrogens is 222 g/mol. The predicted octanol–water partition coefficient (Wildman–Crippen LogP) is 2.81. The summed E-state index contributed by atoms with van der Waals surface area (Å²) in [6, 6.07) is 1.85. The molecule has 0 fully saturated rings. The van der Waals surface area contributed by atoms with Crippen molar-refractivity contribution in [3.05, 3.63) is 6.07 Å². The van der Waals surface area contributed by atoms with Crippen LogP contribution in [0, 0.1) is 0 Å². The average Bonchev–Trinajstić information content (AvgIpc) is 2.33. The van der Waals surface area contributed by atoms with Gasteiger partial charge in [0.25, 0.3) is 0 Å². The molecule has 0 bridgehead atoms. The minimum atomic E-state index is 0.653. The molecule has 4 nitrogen and oxygen atoms in total. The summed E-state index contributed by atoms with van der Waals surface area (Å²) in [6.45, 7) is 5.81. The standard InChI is InChI=1S/C11H19N3OS/c1-4-6-12-9-8-10(15-7-5-2)14-11(13-9)16-3/h8H,4-7H2,1-3H3,(H,12,13,14). The third-order valence-corrected chi connectivity index (χ3v) is 2.42. The first-order valence-electron chi connectivity index (χ1n) is 5.59. The molecule has 0 amide bonds.